The highest BCUT2D eigenvalue weighted by Gasteiger charge is 2.37. The van der Waals surface area contributed by atoms with Crippen molar-refractivity contribution in [1.82, 2.24) is 0 Å². The molecule has 0 aromatic rings. The Balaban J connectivity index is 4.75. The van der Waals surface area contributed by atoms with E-state index in [0.717, 1.165) is 0 Å². The fraction of sp³-hybridized carbons (Fsp3) is 1.00. The van der Waals surface area contributed by atoms with E-state index in [1.54, 1.807) is 13.8 Å². The minimum Gasteiger partial charge on any atom is -0.365 e. The lowest BCUT2D eigenvalue weighted by Crippen LogP contribution is -2.26. The highest BCUT2D eigenvalue weighted by atomic mass is 35.5. The van der Waals surface area contributed by atoms with Crippen LogP contribution in [0, 0.1) is 0 Å². The maximum absolute atomic E-state index is 12.2. The van der Waals surface area contributed by atoms with Crippen LogP contribution in [0.3, 0.4) is 0 Å². The van der Waals surface area contributed by atoms with Crippen LogP contribution in [0.15, 0.2) is 0 Å². The molecule has 0 heterocycles. The molecule has 0 radical (unpaired) electrons. The summed E-state index contributed by atoms with van der Waals surface area (Å²) in [6.07, 6.45) is -1.07. The van der Waals surface area contributed by atoms with Gasteiger partial charge in [0.2, 0.25) is 0 Å². The lowest BCUT2D eigenvalue weighted by Gasteiger charge is -2.28. The second-order valence-electron chi connectivity index (χ2n) is 4.13. The Morgan fingerprint density at radius 2 is 1.53 bits per heavy atom. The van der Waals surface area contributed by atoms with Gasteiger partial charge in [0.25, 0.3) is 0 Å². The molecule has 17 heavy (non-hydrogen) atoms. The molecule has 0 aromatic carbocycles. The van der Waals surface area contributed by atoms with Crippen LogP contribution in [-0.4, -0.2) is 34.9 Å². The largest absolute Gasteiger partial charge is 0.477 e. The summed E-state index contributed by atoms with van der Waals surface area (Å²) in [6, 6.07) is 0. The SMILES string of the molecule is CC(CCl)OP(=O)(OC(C)CCl)OC(C)(C)O. The van der Waals surface area contributed by atoms with E-state index in [2.05, 4.69) is 0 Å². The molecule has 0 aromatic heterocycles. The van der Waals surface area contributed by atoms with Gasteiger partial charge in [0.05, 0.1) is 12.2 Å². The van der Waals surface area contributed by atoms with Crippen molar-refractivity contribution < 1.29 is 23.2 Å². The second-order valence-corrected chi connectivity index (χ2v) is 6.24. The fourth-order valence-corrected chi connectivity index (χ4v) is 2.85. The molecular formula is C9H19Cl2O5P. The van der Waals surface area contributed by atoms with Crippen molar-refractivity contribution in [3.05, 3.63) is 0 Å². The molecule has 2 unspecified atom stereocenters. The number of aliphatic hydroxyl groups is 1. The summed E-state index contributed by atoms with van der Waals surface area (Å²) in [5.74, 6) is -1.40. The Morgan fingerprint density at radius 1 is 1.18 bits per heavy atom. The zero-order chi connectivity index (χ0) is 13.7. The van der Waals surface area contributed by atoms with Crippen molar-refractivity contribution in [1.29, 1.82) is 0 Å². The molecule has 0 aliphatic rings. The van der Waals surface area contributed by atoms with Crippen LogP contribution >= 0.6 is 31.0 Å². The molecular weight excluding hydrogens is 290 g/mol. The predicted molar refractivity (Wildman–Crippen MR) is 67.5 cm³/mol. The summed E-state index contributed by atoms with van der Waals surface area (Å²) in [5, 5.41) is 9.50. The third-order valence-corrected chi connectivity index (χ3v) is 4.16. The van der Waals surface area contributed by atoms with Crippen LogP contribution < -0.4 is 0 Å². The van der Waals surface area contributed by atoms with Crippen LogP contribution in [0.5, 0.6) is 0 Å². The molecule has 0 fully saturated rings. The maximum atomic E-state index is 12.2. The van der Waals surface area contributed by atoms with Gasteiger partial charge in [-0.2, -0.15) is 0 Å². The van der Waals surface area contributed by atoms with Gasteiger partial charge in [-0.25, -0.2) is 4.57 Å². The molecule has 0 rings (SSSR count). The highest BCUT2D eigenvalue weighted by molar-refractivity contribution is 7.48. The summed E-state index contributed by atoms with van der Waals surface area (Å²) < 4.78 is 27.3. The first-order chi connectivity index (χ1) is 7.62. The lowest BCUT2D eigenvalue weighted by atomic mass is 10.4. The maximum Gasteiger partial charge on any atom is 0.477 e. The first-order valence-electron chi connectivity index (χ1n) is 5.14. The number of hydrogen-bond donors (Lipinski definition) is 1. The molecule has 0 bridgehead atoms. The summed E-state index contributed by atoms with van der Waals surface area (Å²) in [7, 11) is -3.91. The average molecular weight is 309 g/mol. The molecule has 5 nitrogen and oxygen atoms in total. The quantitative estimate of drug-likeness (QED) is 0.424. The van der Waals surface area contributed by atoms with Crippen molar-refractivity contribution in [3.63, 3.8) is 0 Å². The molecule has 0 saturated carbocycles. The van der Waals surface area contributed by atoms with E-state index in [-0.39, 0.29) is 11.8 Å². The van der Waals surface area contributed by atoms with E-state index in [9.17, 15) is 9.67 Å². The third kappa shape index (κ3) is 8.38. The van der Waals surface area contributed by atoms with E-state index >= 15 is 0 Å². The monoisotopic (exact) mass is 308 g/mol. The molecule has 2 atom stereocenters. The second kappa shape index (κ2) is 7.29. The molecule has 8 heteroatoms. The molecule has 1 N–H and O–H groups in total. The molecule has 0 saturated heterocycles. The van der Waals surface area contributed by atoms with E-state index in [0.29, 0.717) is 0 Å². The van der Waals surface area contributed by atoms with Gasteiger partial charge in [0, 0.05) is 11.8 Å². The first kappa shape index (κ1) is 17.6. The van der Waals surface area contributed by atoms with Crippen LogP contribution in [-0.2, 0) is 18.1 Å². The van der Waals surface area contributed by atoms with Gasteiger partial charge in [0.15, 0.2) is 5.79 Å². The standard InChI is InChI=1S/C9H19Cl2O5P/c1-7(5-10)14-17(13,15-8(2)6-11)16-9(3,4)12/h7-8,12H,5-6H2,1-4H3. The van der Waals surface area contributed by atoms with Crippen molar-refractivity contribution in [2.75, 3.05) is 11.8 Å². The summed E-state index contributed by atoms with van der Waals surface area (Å²) in [6.45, 7) is 5.87. The van der Waals surface area contributed by atoms with Gasteiger partial charge < -0.3 is 5.11 Å². The first-order valence-corrected chi connectivity index (χ1v) is 7.66. The Labute approximate surface area is 112 Å². The molecule has 104 valence electrons. The fourth-order valence-electron chi connectivity index (χ4n) is 0.839. The topological polar surface area (TPSA) is 65.0 Å². The Bertz CT molecular complexity index is 253. The van der Waals surface area contributed by atoms with Crippen LogP contribution in [0.25, 0.3) is 0 Å². The molecule has 0 aliphatic carbocycles. The van der Waals surface area contributed by atoms with Gasteiger partial charge in [-0.3, -0.25) is 13.6 Å². The van der Waals surface area contributed by atoms with Gasteiger partial charge in [-0.15, -0.1) is 23.2 Å². The predicted octanol–water partition coefficient (Wildman–Crippen LogP) is 3.13. The van der Waals surface area contributed by atoms with Crippen LogP contribution in [0.4, 0.5) is 0 Å². The van der Waals surface area contributed by atoms with Gasteiger partial charge >= 0.3 is 7.82 Å². The van der Waals surface area contributed by atoms with Crippen LogP contribution in [0.1, 0.15) is 27.7 Å². The molecule has 0 spiro atoms. The van der Waals surface area contributed by atoms with Crippen molar-refractivity contribution in [2.24, 2.45) is 0 Å². The Morgan fingerprint density at radius 3 is 1.76 bits per heavy atom. The zero-order valence-corrected chi connectivity index (χ0v) is 12.8. The zero-order valence-electron chi connectivity index (χ0n) is 10.4. The van der Waals surface area contributed by atoms with E-state index in [1.807, 2.05) is 0 Å². The Kier molecular flexibility index (Phi) is 7.57. The van der Waals surface area contributed by atoms with Crippen molar-refractivity contribution in [3.8, 4) is 0 Å². The minimum atomic E-state index is -3.91. The lowest BCUT2D eigenvalue weighted by molar-refractivity contribution is -0.128. The van der Waals surface area contributed by atoms with E-state index in [4.69, 9.17) is 36.8 Å². The van der Waals surface area contributed by atoms with E-state index < -0.39 is 25.8 Å². The number of phosphoric ester groups is 1. The number of phosphoric acid groups is 1. The summed E-state index contributed by atoms with van der Waals surface area (Å²) in [4.78, 5) is 0. The van der Waals surface area contributed by atoms with Gasteiger partial charge in [-0.05, 0) is 27.7 Å². The summed E-state index contributed by atoms with van der Waals surface area (Å²) in [5.41, 5.74) is 0. The average Bonchev–Trinajstić information content (AvgIpc) is 2.13. The highest BCUT2D eigenvalue weighted by Crippen LogP contribution is 2.54. The number of alkyl halides is 2. The molecule has 0 aliphatic heterocycles. The number of rotatable bonds is 8. The number of hydrogen-bond acceptors (Lipinski definition) is 5. The number of halogens is 2. The smallest absolute Gasteiger partial charge is 0.365 e. The van der Waals surface area contributed by atoms with Gasteiger partial charge in [-0.1, -0.05) is 0 Å². The third-order valence-electron chi connectivity index (χ3n) is 1.39. The van der Waals surface area contributed by atoms with Crippen LogP contribution in [0.2, 0.25) is 0 Å². The molecule has 0 amide bonds. The Hall–Kier alpha value is 0.650. The van der Waals surface area contributed by atoms with E-state index in [1.165, 1.54) is 13.8 Å². The van der Waals surface area contributed by atoms with Crippen molar-refractivity contribution >= 4 is 31.0 Å². The normalized spacial score (nSPS) is 19.7. The summed E-state index contributed by atoms with van der Waals surface area (Å²) >= 11 is 11.1. The van der Waals surface area contributed by atoms with Gasteiger partial charge in [0.1, 0.15) is 0 Å². The minimum absolute atomic E-state index is 0.123. The van der Waals surface area contributed by atoms with Crippen molar-refractivity contribution in [2.45, 2.75) is 45.7 Å².